The quantitative estimate of drug-likeness (QED) is 0.497. The molecular weight excluding hydrogens is 384 g/mol. The molecule has 1 atom stereocenters. The van der Waals surface area contributed by atoms with Gasteiger partial charge in [-0.15, -0.1) is 0 Å². The van der Waals surface area contributed by atoms with E-state index in [0.717, 1.165) is 24.3 Å². The molecule has 1 N–H and O–H groups in total. The number of aromatic nitrogens is 1. The van der Waals surface area contributed by atoms with Gasteiger partial charge in [-0.25, -0.2) is 4.79 Å². The third-order valence-electron chi connectivity index (χ3n) is 5.66. The Morgan fingerprint density at radius 1 is 1.13 bits per heavy atom. The van der Waals surface area contributed by atoms with Crippen LogP contribution in [0.25, 0.3) is 0 Å². The molecule has 1 heterocycles. The highest BCUT2D eigenvalue weighted by Gasteiger charge is 2.37. The predicted octanol–water partition coefficient (Wildman–Crippen LogP) is 3.89. The Morgan fingerprint density at radius 3 is 2.37 bits per heavy atom. The van der Waals surface area contributed by atoms with Crippen molar-refractivity contribution in [1.82, 2.24) is 4.98 Å². The Balaban J connectivity index is 1.92. The zero-order valence-corrected chi connectivity index (χ0v) is 18.3. The molecule has 1 saturated carbocycles. The number of methoxy groups -OCH3 is 2. The molecule has 1 aliphatic rings. The molecular formula is C23H30N2O5. The van der Waals surface area contributed by atoms with E-state index in [2.05, 4.69) is 11.9 Å². The smallest absolute Gasteiger partial charge is 0.340 e. The summed E-state index contributed by atoms with van der Waals surface area (Å²) in [6.07, 6.45) is 2.22. The van der Waals surface area contributed by atoms with Crippen LogP contribution >= 0.6 is 0 Å². The molecule has 0 bridgehead atoms. The molecule has 0 radical (unpaired) electrons. The zero-order chi connectivity index (χ0) is 21.8. The number of amides is 1. The summed E-state index contributed by atoms with van der Waals surface area (Å²) in [6, 6.07) is 7.52. The standard InChI is InChI=1S/C23H30N2O5/c1-14-20(23(27)30-13-12-28-4)15(2)24-21(14)22(26)25(16(3)17-6-7-17)18-8-10-19(29-5)11-9-18/h8-11,16-17,24H,6-7,12-13H2,1-5H3/t16-/m1/s1. The van der Waals surface area contributed by atoms with Crippen LogP contribution in [-0.2, 0) is 9.47 Å². The monoisotopic (exact) mass is 414 g/mol. The number of rotatable bonds is 9. The average Bonchev–Trinajstić information content (AvgIpc) is 3.54. The molecule has 0 aliphatic heterocycles. The maximum atomic E-state index is 13.6. The number of carbonyl (C=O) groups excluding carboxylic acids is 2. The fourth-order valence-corrected chi connectivity index (χ4v) is 3.75. The molecule has 3 rings (SSSR count). The maximum absolute atomic E-state index is 13.6. The molecule has 1 aliphatic carbocycles. The van der Waals surface area contributed by atoms with Gasteiger partial charge < -0.3 is 24.1 Å². The van der Waals surface area contributed by atoms with Crippen LogP contribution in [0.15, 0.2) is 24.3 Å². The molecule has 7 heteroatoms. The fraction of sp³-hybridized carbons (Fsp3) is 0.478. The summed E-state index contributed by atoms with van der Waals surface area (Å²) >= 11 is 0. The fourth-order valence-electron chi connectivity index (χ4n) is 3.75. The third-order valence-corrected chi connectivity index (χ3v) is 5.66. The number of esters is 1. The summed E-state index contributed by atoms with van der Waals surface area (Å²) in [6.45, 7) is 6.12. The van der Waals surface area contributed by atoms with Gasteiger partial charge in [0, 0.05) is 24.5 Å². The summed E-state index contributed by atoms with van der Waals surface area (Å²) < 4.78 is 15.4. The van der Waals surface area contributed by atoms with Crippen molar-refractivity contribution in [3.8, 4) is 5.75 Å². The van der Waals surface area contributed by atoms with Crippen molar-refractivity contribution in [2.24, 2.45) is 5.92 Å². The van der Waals surface area contributed by atoms with E-state index in [1.165, 1.54) is 0 Å². The second-order valence-electron chi connectivity index (χ2n) is 7.70. The molecule has 7 nitrogen and oxygen atoms in total. The van der Waals surface area contributed by atoms with Crippen LogP contribution in [0.2, 0.25) is 0 Å². The molecule has 0 saturated heterocycles. The number of hydrogen-bond acceptors (Lipinski definition) is 5. The van der Waals surface area contributed by atoms with Gasteiger partial charge in [0.2, 0.25) is 0 Å². The molecule has 0 spiro atoms. The molecule has 2 aromatic rings. The van der Waals surface area contributed by atoms with Gasteiger partial charge >= 0.3 is 5.97 Å². The lowest BCUT2D eigenvalue weighted by atomic mass is 10.1. The van der Waals surface area contributed by atoms with Crippen molar-refractivity contribution in [3.05, 3.63) is 46.8 Å². The number of anilines is 1. The second kappa shape index (κ2) is 9.34. The van der Waals surface area contributed by atoms with E-state index in [0.29, 0.717) is 35.0 Å². The number of ether oxygens (including phenoxy) is 3. The van der Waals surface area contributed by atoms with Gasteiger partial charge in [0.05, 0.1) is 19.3 Å². The average molecular weight is 415 g/mol. The number of carbonyl (C=O) groups is 2. The topological polar surface area (TPSA) is 80.9 Å². The molecule has 162 valence electrons. The van der Waals surface area contributed by atoms with Crippen molar-refractivity contribution in [1.29, 1.82) is 0 Å². The largest absolute Gasteiger partial charge is 0.497 e. The van der Waals surface area contributed by atoms with Crippen LogP contribution < -0.4 is 9.64 Å². The van der Waals surface area contributed by atoms with Crippen LogP contribution in [0, 0.1) is 19.8 Å². The van der Waals surface area contributed by atoms with Crippen molar-refractivity contribution in [2.45, 2.75) is 39.7 Å². The van der Waals surface area contributed by atoms with Crippen LogP contribution in [0.4, 0.5) is 5.69 Å². The minimum atomic E-state index is -0.455. The van der Waals surface area contributed by atoms with E-state index < -0.39 is 5.97 Å². The Morgan fingerprint density at radius 2 is 1.80 bits per heavy atom. The van der Waals surface area contributed by atoms with Gasteiger partial charge in [0.1, 0.15) is 18.1 Å². The minimum absolute atomic E-state index is 0.0472. The first kappa shape index (κ1) is 21.9. The summed E-state index contributed by atoms with van der Waals surface area (Å²) in [5.74, 6) is 0.601. The van der Waals surface area contributed by atoms with Crippen molar-refractivity contribution < 1.29 is 23.8 Å². The number of H-pyrrole nitrogens is 1. The lowest BCUT2D eigenvalue weighted by molar-refractivity contribution is 0.0387. The van der Waals surface area contributed by atoms with E-state index in [9.17, 15) is 9.59 Å². The van der Waals surface area contributed by atoms with Gasteiger partial charge in [-0.2, -0.15) is 0 Å². The summed E-state index contributed by atoms with van der Waals surface area (Å²) in [4.78, 5) is 31.1. The van der Waals surface area contributed by atoms with Crippen LogP contribution in [-0.4, -0.2) is 50.3 Å². The van der Waals surface area contributed by atoms with Gasteiger partial charge in [-0.3, -0.25) is 4.79 Å². The number of nitrogens with one attached hydrogen (secondary N) is 1. The van der Waals surface area contributed by atoms with E-state index in [1.54, 1.807) is 28.1 Å². The lowest BCUT2D eigenvalue weighted by Crippen LogP contribution is -2.40. The second-order valence-corrected chi connectivity index (χ2v) is 7.70. The maximum Gasteiger partial charge on any atom is 0.340 e. The van der Waals surface area contributed by atoms with Crippen molar-refractivity contribution in [3.63, 3.8) is 0 Å². The molecule has 1 aromatic carbocycles. The Bertz CT molecular complexity index is 899. The highest BCUT2D eigenvalue weighted by Crippen LogP contribution is 2.38. The SMILES string of the molecule is COCCOC(=O)c1c(C)[nH]c(C(=O)N(c2ccc(OC)cc2)[C@H](C)C2CC2)c1C. The van der Waals surface area contributed by atoms with Gasteiger partial charge in [0.15, 0.2) is 0 Å². The predicted molar refractivity (Wildman–Crippen MR) is 114 cm³/mol. The van der Waals surface area contributed by atoms with Crippen LogP contribution in [0.3, 0.4) is 0 Å². The van der Waals surface area contributed by atoms with Gasteiger partial charge in [0.25, 0.3) is 5.91 Å². The number of hydrogen-bond donors (Lipinski definition) is 1. The van der Waals surface area contributed by atoms with E-state index in [-0.39, 0.29) is 18.6 Å². The lowest BCUT2D eigenvalue weighted by Gasteiger charge is -2.29. The normalized spacial score (nSPS) is 14.3. The number of benzene rings is 1. The first-order chi connectivity index (χ1) is 14.4. The first-order valence-electron chi connectivity index (χ1n) is 10.2. The number of aryl methyl sites for hydroxylation is 1. The number of nitrogens with zero attached hydrogens (tertiary/aromatic N) is 1. The first-order valence-corrected chi connectivity index (χ1v) is 10.2. The highest BCUT2D eigenvalue weighted by atomic mass is 16.6. The molecule has 1 amide bonds. The van der Waals surface area contributed by atoms with Crippen molar-refractivity contribution in [2.75, 3.05) is 32.3 Å². The van der Waals surface area contributed by atoms with E-state index >= 15 is 0 Å². The molecule has 1 aromatic heterocycles. The Kier molecular flexibility index (Phi) is 6.82. The van der Waals surface area contributed by atoms with Crippen molar-refractivity contribution >= 4 is 17.6 Å². The highest BCUT2D eigenvalue weighted by molar-refractivity contribution is 6.08. The molecule has 1 fully saturated rings. The Hall–Kier alpha value is -2.80. The number of aromatic amines is 1. The van der Waals surface area contributed by atoms with E-state index in [1.807, 2.05) is 29.2 Å². The minimum Gasteiger partial charge on any atom is -0.497 e. The van der Waals surface area contributed by atoms with Crippen LogP contribution in [0.5, 0.6) is 5.75 Å². The molecule has 0 unspecified atom stereocenters. The Labute approximate surface area is 177 Å². The van der Waals surface area contributed by atoms with Gasteiger partial charge in [-0.1, -0.05) is 0 Å². The summed E-state index contributed by atoms with van der Waals surface area (Å²) in [5, 5.41) is 0. The summed E-state index contributed by atoms with van der Waals surface area (Å²) in [7, 11) is 3.16. The summed E-state index contributed by atoms with van der Waals surface area (Å²) in [5.41, 5.74) is 2.84. The van der Waals surface area contributed by atoms with Gasteiger partial charge in [-0.05, 0) is 69.4 Å². The van der Waals surface area contributed by atoms with Crippen LogP contribution in [0.1, 0.15) is 51.9 Å². The third kappa shape index (κ3) is 4.51. The van der Waals surface area contributed by atoms with E-state index in [4.69, 9.17) is 14.2 Å². The molecule has 30 heavy (non-hydrogen) atoms. The zero-order valence-electron chi connectivity index (χ0n) is 18.3.